The van der Waals surface area contributed by atoms with Crippen molar-refractivity contribution in [1.29, 1.82) is 0 Å². The van der Waals surface area contributed by atoms with Gasteiger partial charge in [-0.3, -0.25) is 0 Å². The minimum atomic E-state index is 1.19. The second-order valence-corrected chi connectivity index (χ2v) is 3.42. The van der Waals surface area contributed by atoms with Gasteiger partial charge in [-0.1, -0.05) is 24.8 Å². The number of hydrogen-bond donors (Lipinski definition) is 1. The van der Waals surface area contributed by atoms with Crippen molar-refractivity contribution in [3.05, 3.63) is 41.6 Å². The van der Waals surface area contributed by atoms with E-state index in [1.54, 1.807) is 0 Å². The summed E-state index contributed by atoms with van der Waals surface area (Å²) in [7, 11) is 0. The first kappa shape index (κ1) is 8.11. The molecule has 66 valence electrons. The zero-order valence-electron chi connectivity index (χ0n) is 8.02. The van der Waals surface area contributed by atoms with Crippen molar-refractivity contribution >= 4 is 17.0 Å². The van der Waals surface area contributed by atoms with Crippen LogP contribution < -0.4 is 0 Å². The number of rotatable bonds is 1. The molecule has 1 N–H and O–H groups in total. The first-order valence-electron chi connectivity index (χ1n) is 4.43. The van der Waals surface area contributed by atoms with Gasteiger partial charge >= 0.3 is 0 Å². The predicted octanol–water partition coefficient (Wildman–Crippen LogP) is 3.43. The molecule has 1 aromatic heterocycles. The monoisotopic (exact) mass is 171 g/mol. The summed E-state index contributed by atoms with van der Waals surface area (Å²) >= 11 is 0. The van der Waals surface area contributed by atoms with Gasteiger partial charge in [-0.15, -0.1) is 0 Å². The van der Waals surface area contributed by atoms with Crippen LogP contribution in [0.25, 0.3) is 17.0 Å². The van der Waals surface area contributed by atoms with Crippen LogP contribution in [0.3, 0.4) is 0 Å². The molecular formula is C12H13N. The summed E-state index contributed by atoms with van der Waals surface area (Å²) in [5.41, 5.74) is 4.89. The van der Waals surface area contributed by atoms with Crippen LogP contribution in [0, 0.1) is 13.8 Å². The van der Waals surface area contributed by atoms with Crippen LogP contribution in [0.5, 0.6) is 0 Å². The van der Waals surface area contributed by atoms with Gasteiger partial charge in [-0.05, 0) is 25.5 Å². The quantitative estimate of drug-likeness (QED) is 0.676. The standard InChI is InChI=1S/C12H13N/c1-4-10-9(3)13-12-7-8(2)5-6-11(10)12/h4-7,13H,1H2,2-3H3. The Labute approximate surface area is 78.1 Å². The maximum atomic E-state index is 3.82. The second-order valence-electron chi connectivity index (χ2n) is 3.42. The Morgan fingerprint density at radius 2 is 2.08 bits per heavy atom. The smallest absolute Gasteiger partial charge is 0.0464 e. The maximum absolute atomic E-state index is 3.82. The van der Waals surface area contributed by atoms with Gasteiger partial charge in [-0.25, -0.2) is 0 Å². The number of H-pyrrole nitrogens is 1. The fourth-order valence-corrected chi connectivity index (χ4v) is 1.73. The zero-order valence-corrected chi connectivity index (χ0v) is 8.02. The summed E-state index contributed by atoms with van der Waals surface area (Å²) in [6.07, 6.45) is 1.91. The van der Waals surface area contributed by atoms with Gasteiger partial charge in [0.25, 0.3) is 0 Å². The number of nitrogens with one attached hydrogen (secondary N) is 1. The molecule has 2 aromatic rings. The van der Waals surface area contributed by atoms with Crippen LogP contribution in [0.1, 0.15) is 16.8 Å². The van der Waals surface area contributed by atoms with Crippen molar-refractivity contribution in [2.45, 2.75) is 13.8 Å². The SMILES string of the molecule is C=Cc1c(C)[nH]c2cc(C)ccc12. The highest BCUT2D eigenvalue weighted by molar-refractivity contribution is 5.90. The fourth-order valence-electron chi connectivity index (χ4n) is 1.73. The van der Waals surface area contributed by atoms with E-state index in [0.717, 1.165) is 0 Å². The predicted molar refractivity (Wildman–Crippen MR) is 57.9 cm³/mol. The Morgan fingerprint density at radius 1 is 1.31 bits per heavy atom. The molecular weight excluding hydrogens is 158 g/mol. The third kappa shape index (κ3) is 1.17. The summed E-state index contributed by atoms with van der Waals surface area (Å²) in [6, 6.07) is 6.43. The van der Waals surface area contributed by atoms with Gasteiger partial charge in [0.1, 0.15) is 0 Å². The molecule has 0 saturated carbocycles. The largest absolute Gasteiger partial charge is 0.358 e. The molecule has 0 aliphatic rings. The number of aromatic nitrogens is 1. The van der Waals surface area contributed by atoms with Gasteiger partial charge in [-0.2, -0.15) is 0 Å². The van der Waals surface area contributed by atoms with Crippen molar-refractivity contribution < 1.29 is 0 Å². The minimum absolute atomic E-state index is 1.19. The molecule has 1 aromatic carbocycles. The summed E-state index contributed by atoms with van der Waals surface area (Å²) in [6.45, 7) is 7.99. The van der Waals surface area contributed by atoms with Crippen LogP contribution in [0.2, 0.25) is 0 Å². The lowest BCUT2D eigenvalue weighted by molar-refractivity contribution is 1.29. The van der Waals surface area contributed by atoms with E-state index in [0.29, 0.717) is 0 Å². The number of benzene rings is 1. The number of hydrogen-bond acceptors (Lipinski definition) is 0. The Morgan fingerprint density at radius 3 is 2.77 bits per heavy atom. The van der Waals surface area contributed by atoms with E-state index < -0.39 is 0 Å². The van der Waals surface area contributed by atoms with Gasteiger partial charge in [0.15, 0.2) is 0 Å². The molecule has 0 atom stereocenters. The summed E-state index contributed by atoms with van der Waals surface area (Å²) in [5, 5.41) is 1.26. The Kier molecular flexibility index (Phi) is 1.73. The van der Waals surface area contributed by atoms with E-state index in [9.17, 15) is 0 Å². The van der Waals surface area contributed by atoms with Gasteiger partial charge in [0, 0.05) is 22.2 Å². The number of aryl methyl sites for hydroxylation is 2. The van der Waals surface area contributed by atoms with Crippen molar-refractivity contribution in [2.24, 2.45) is 0 Å². The molecule has 0 saturated heterocycles. The van der Waals surface area contributed by atoms with Crippen molar-refractivity contribution in [3.63, 3.8) is 0 Å². The van der Waals surface area contributed by atoms with Crippen LogP contribution in [-0.4, -0.2) is 4.98 Å². The highest BCUT2D eigenvalue weighted by Gasteiger charge is 2.03. The molecule has 0 bridgehead atoms. The summed E-state index contributed by atoms with van der Waals surface area (Å²) in [4.78, 5) is 3.35. The molecule has 13 heavy (non-hydrogen) atoms. The third-order valence-corrected chi connectivity index (χ3v) is 2.40. The Hall–Kier alpha value is -1.50. The minimum Gasteiger partial charge on any atom is -0.358 e. The zero-order chi connectivity index (χ0) is 9.42. The Bertz CT molecular complexity index is 463. The van der Waals surface area contributed by atoms with E-state index in [1.165, 1.54) is 27.7 Å². The lowest BCUT2D eigenvalue weighted by Gasteiger charge is -1.93. The first-order chi connectivity index (χ1) is 6.22. The number of fused-ring (bicyclic) bond motifs is 1. The second kappa shape index (κ2) is 2.77. The molecule has 0 radical (unpaired) electrons. The highest BCUT2D eigenvalue weighted by Crippen LogP contribution is 2.23. The lowest BCUT2D eigenvalue weighted by atomic mass is 10.1. The van der Waals surface area contributed by atoms with Crippen LogP contribution in [0.4, 0.5) is 0 Å². The first-order valence-corrected chi connectivity index (χ1v) is 4.43. The van der Waals surface area contributed by atoms with Crippen LogP contribution in [-0.2, 0) is 0 Å². The molecule has 0 fully saturated rings. The molecule has 0 aliphatic heterocycles. The van der Waals surface area contributed by atoms with E-state index >= 15 is 0 Å². The normalized spacial score (nSPS) is 10.6. The Balaban J connectivity index is 2.86. The van der Waals surface area contributed by atoms with Crippen LogP contribution >= 0.6 is 0 Å². The van der Waals surface area contributed by atoms with E-state index in [4.69, 9.17) is 0 Å². The van der Waals surface area contributed by atoms with Gasteiger partial charge < -0.3 is 4.98 Å². The van der Waals surface area contributed by atoms with E-state index in [-0.39, 0.29) is 0 Å². The molecule has 0 spiro atoms. The van der Waals surface area contributed by atoms with Gasteiger partial charge in [0.2, 0.25) is 0 Å². The van der Waals surface area contributed by atoms with Crippen LogP contribution in [0.15, 0.2) is 24.8 Å². The van der Waals surface area contributed by atoms with Gasteiger partial charge in [0.05, 0.1) is 0 Å². The average molecular weight is 171 g/mol. The molecule has 2 rings (SSSR count). The maximum Gasteiger partial charge on any atom is 0.0464 e. The molecule has 0 unspecified atom stereocenters. The summed E-state index contributed by atoms with van der Waals surface area (Å²) < 4.78 is 0. The van der Waals surface area contributed by atoms with E-state index in [1.807, 2.05) is 6.08 Å². The number of aromatic amines is 1. The molecule has 1 heterocycles. The third-order valence-electron chi connectivity index (χ3n) is 2.40. The van der Waals surface area contributed by atoms with E-state index in [2.05, 4.69) is 43.6 Å². The fraction of sp³-hybridized carbons (Fsp3) is 0.167. The van der Waals surface area contributed by atoms with Crippen molar-refractivity contribution in [1.82, 2.24) is 4.98 Å². The molecule has 1 nitrogen and oxygen atoms in total. The average Bonchev–Trinajstić information content (AvgIpc) is 2.39. The molecule has 0 aliphatic carbocycles. The topological polar surface area (TPSA) is 15.8 Å². The van der Waals surface area contributed by atoms with Crippen molar-refractivity contribution in [3.8, 4) is 0 Å². The molecule has 0 amide bonds. The van der Waals surface area contributed by atoms with Crippen molar-refractivity contribution in [2.75, 3.05) is 0 Å². The lowest BCUT2D eigenvalue weighted by Crippen LogP contribution is -1.72. The summed E-state index contributed by atoms with van der Waals surface area (Å²) in [5.74, 6) is 0. The molecule has 1 heteroatoms. The highest BCUT2D eigenvalue weighted by atomic mass is 14.7.